The molecule has 0 unspecified atom stereocenters. The number of carbonyl (C=O) groups excluding carboxylic acids is 2. The van der Waals surface area contributed by atoms with Crippen molar-refractivity contribution in [1.82, 2.24) is 15.1 Å². The van der Waals surface area contributed by atoms with E-state index >= 15 is 0 Å². The Hall–Kier alpha value is -3.11. The number of carbonyl (C=O) groups is 2. The van der Waals surface area contributed by atoms with Gasteiger partial charge in [-0.1, -0.05) is 12.1 Å². The van der Waals surface area contributed by atoms with Crippen molar-refractivity contribution in [3.63, 3.8) is 0 Å². The van der Waals surface area contributed by atoms with E-state index in [1.807, 2.05) is 4.90 Å². The van der Waals surface area contributed by atoms with E-state index in [4.69, 9.17) is 4.74 Å². The molecule has 3 rings (SSSR count). The van der Waals surface area contributed by atoms with Gasteiger partial charge >= 0.3 is 12.2 Å². The number of rotatable bonds is 6. The lowest BCUT2D eigenvalue weighted by atomic mass is 10.1. The summed E-state index contributed by atoms with van der Waals surface area (Å²) in [6.07, 6.45) is -4.34. The van der Waals surface area contributed by atoms with E-state index in [0.29, 0.717) is 44.2 Å². The molecule has 0 atom stereocenters. The van der Waals surface area contributed by atoms with Crippen LogP contribution in [0.25, 0.3) is 0 Å². The van der Waals surface area contributed by atoms with Gasteiger partial charge in [-0.2, -0.15) is 13.2 Å². The van der Waals surface area contributed by atoms with Gasteiger partial charge in [0.25, 0.3) is 0 Å². The van der Waals surface area contributed by atoms with E-state index in [2.05, 4.69) is 15.5 Å². The first kappa shape index (κ1) is 23.6. The first-order valence-corrected chi connectivity index (χ1v) is 10.1. The fourth-order valence-electron chi connectivity index (χ4n) is 3.37. The van der Waals surface area contributed by atoms with Crippen LogP contribution in [0.15, 0.2) is 48.5 Å². The lowest BCUT2D eigenvalue weighted by Gasteiger charge is -2.34. The normalized spacial score (nSPS) is 15.2. The lowest BCUT2D eigenvalue weighted by molar-refractivity contribution is -0.137. The number of imide groups is 1. The number of ether oxygens (including phenoxy) is 1. The molecule has 32 heavy (non-hydrogen) atoms. The summed E-state index contributed by atoms with van der Waals surface area (Å²) in [6.45, 7) is 3.22. The number of anilines is 1. The quantitative estimate of drug-likeness (QED) is 0.707. The van der Waals surface area contributed by atoms with E-state index in [-0.39, 0.29) is 6.54 Å². The monoisotopic (exact) mass is 450 g/mol. The van der Waals surface area contributed by atoms with Crippen molar-refractivity contribution in [2.75, 3.05) is 45.2 Å². The van der Waals surface area contributed by atoms with Gasteiger partial charge in [-0.25, -0.2) is 4.79 Å². The molecule has 0 bridgehead atoms. The number of methoxy groups -OCH3 is 1. The maximum Gasteiger partial charge on any atom is 0.416 e. The van der Waals surface area contributed by atoms with E-state index in [1.54, 1.807) is 31.4 Å². The zero-order chi connectivity index (χ0) is 23.1. The molecule has 172 valence electrons. The summed E-state index contributed by atoms with van der Waals surface area (Å²) in [7, 11) is 1.54. The van der Waals surface area contributed by atoms with Crippen LogP contribution < -0.4 is 15.4 Å². The summed E-state index contributed by atoms with van der Waals surface area (Å²) < 4.78 is 43.0. The molecule has 0 radical (unpaired) electrons. The summed E-state index contributed by atoms with van der Waals surface area (Å²) in [5, 5.41) is 4.89. The van der Waals surface area contributed by atoms with E-state index in [9.17, 15) is 22.8 Å². The molecule has 0 aliphatic carbocycles. The molecule has 2 aromatic carbocycles. The fraction of sp³-hybridized carbons (Fsp3) is 0.364. The molecule has 0 aromatic heterocycles. The van der Waals surface area contributed by atoms with Crippen molar-refractivity contribution >= 4 is 17.6 Å². The number of nitrogens with zero attached hydrogens (tertiary/aromatic N) is 2. The van der Waals surface area contributed by atoms with Crippen LogP contribution in [0.2, 0.25) is 0 Å². The molecule has 1 aliphatic heterocycles. The Morgan fingerprint density at radius 2 is 1.53 bits per heavy atom. The Morgan fingerprint density at radius 1 is 0.938 bits per heavy atom. The van der Waals surface area contributed by atoms with Crippen molar-refractivity contribution in [3.8, 4) is 5.75 Å². The molecule has 3 amide bonds. The first-order valence-electron chi connectivity index (χ1n) is 10.1. The maximum atomic E-state index is 12.7. The number of alkyl halides is 3. The number of urea groups is 1. The van der Waals surface area contributed by atoms with Crippen LogP contribution in [0.3, 0.4) is 0 Å². The van der Waals surface area contributed by atoms with Crippen molar-refractivity contribution < 1.29 is 27.5 Å². The molecule has 0 spiro atoms. The van der Waals surface area contributed by atoms with Gasteiger partial charge in [0.1, 0.15) is 5.75 Å². The zero-order valence-corrected chi connectivity index (χ0v) is 17.6. The maximum absolute atomic E-state index is 12.7. The Kier molecular flexibility index (Phi) is 7.70. The highest BCUT2D eigenvalue weighted by Crippen LogP contribution is 2.29. The molecule has 1 fully saturated rings. The van der Waals surface area contributed by atoms with Crippen molar-refractivity contribution in [3.05, 3.63) is 59.7 Å². The van der Waals surface area contributed by atoms with Crippen molar-refractivity contribution in [2.45, 2.75) is 12.7 Å². The second-order valence-corrected chi connectivity index (χ2v) is 7.48. The molecule has 0 saturated carbocycles. The van der Waals surface area contributed by atoms with Gasteiger partial charge in [0.2, 0.25) is 5.91 Å². The zero-order valence-electron chi connectivity index (χ0n) is 17.6. The minimum absolute atomic E-state index is 0.0875. The van der Waals surface area contributed by atoms with Gasteiger partial charge in [0, 0.05) is 38.4 Å². The summed E-state index contributed by atoms with van der Waals surface area (Å²) in [6, 6.07) is 11.3. The number of halogens is 3. The smallest absolute Gasteiger partial charge is 0.416 e. The topological polar surface area (TPSA) is 73.9 Å². The van der Waals surface area contributed by atoms with Gasteiger partial charge < -0.3 is 10.1 Å². The van der Waals surface area contributed by atoms with Crippen LogP contribution in [0.5, 0.6) is 5.75 Å². The van der Waals surface area contributed by atoms with Gasteiger partial charge in [0.05, 0.1) is 19.2 Å². The number of amides is 3. The largest absolute Gasteiger partial charge is 0.497 e. The molecular formula is C22H25F3N4O3. The summed E-state index contributed by atoms with van der Waals surface area (Å²) >= 11 is 0. The highest BCUT2D eigenvalue weighted by molar-refractivity contribution is 6.01. The average molecular weight is 450 g/mol. The minimum atomic E-state index is -4.34. The molecule has 10 heteroatoms. The highest BCUT2D eigenvalue weighted by atomic mass is 19.4. The van der Waals surface area contributed by atoms with E-state index in [1.165, 1.54) is 12.1 Å². The van der Waals surface area contributed by atoms with Crippen LogP contribution in [0.4, 0.5) is 23.7 Å². The molecule has 2 N–H and O–H groups in total. The Morgan fingerprint density at radius 3 is 2.09 bits per heavy atom. The Bertz CT molecular complexity index is 910. The van der Waals surface area contributed by atoms with Crippen LogP contribution in [-0.2, 0) is 17.5 Å². The second kappa shape index (κ2) is 10.5. The van der Waals surface area contributed by atoms with E-state index in [0.717, 1.165) is 17.7 Å². The summed E-state index contributed by atoms with van der Waals surface area (Å²) in [5.74, 6) is 0.247. The summed E-state index contributed by atoms with van der Waals surface area (Å²) in [4.78, 5) is 28.2. The average Bonchev–Trinajstić information content (AvgIpc) is 2.75. The van der Waals surface area contributed by atoms with Crippen molar-refractivity contribution in [1.29, 1.82) is 0 Å². The number of nitrogens with one attached hydrogen (secondary N) is 2. The Labute approximate surface area is 184 Å². The third kappa shape index (κ3) is 6.96. The molecule has 1 aliphatic rings. The number of hydrogen-bond acceptors (Lipinski definition) is 5. The number of hydrogen-bond donors (Lipinski definition) is 2. The van der Waals surface area contributed by atoms with Gasteiger partial charge in [-0.3, -0.25) is 19.9 Å². The number of piperazine rings is 1. The third-order valence-electron chi connectivity index (χ3n) is 5.12. The van der Waals surface area contributed by atoms with Crippen LogP contribution in [0.1, 0.15) is 11.1 Å². The van der Waals surface area contributed by atoms with Gasteiger partial charge in [0.15, 0.2) is 0 Å². The number of benzene rings is 2. The molecule has 2 aromatic rings. The van der Waals surface area contributed by atoms with Crippen LogP contribution >= 0.6 is 0 Å². The first-order chi connectivity index (χ1) is 15.2. The predicted molar refractivity (Wildman–Crippen MR) is 113 cm³/mol. The van der Waals surface area contributed by atoms with Gasteiger partial charge in [-0.15, -0.1) is 0 Å². The van der Waals surface area contributed by atoms with Crippen LogP contribution in [-0.4, -0.2) is 61.6 Å². The van der Waals surface area contributed by atoms with Gasteiger partial charge in [-0.05, 0) is 42.0 Å². The van der Waals surface area contributed by atoms with E-state index < -0.39 is 23.7 Å². The third-order valence-corrected chi connectivity index (χ3v) is 5.12. The van der Waals surface area contributed by atoms with Crippen molar-refractivity contribution in [2.24, 2.45) is 0 Å². The summed E-state index contributed by atoms with van der Waals surface area (Å²) in [5.41, 5.74) is 0.681. The Balaban J connectivity index is 1.38. The minimum Gasteiger partial charge on any atom is -0.497 e. The molecule has 7 nitrogen and oxygen atoms in total. The lowest BCUT2D eigenvalue weighted by Crippen LogP contribution is -2.50. The standard InChI is InChI=1S/C22H25F3N4O3/c1-32-19-8-6-18(7-9-19)26-21(31)27-20(30)15-29-12-10-28(11-13-29)14-16-2-4-17(5-3-16)22(23,24)25/h2-9H,10-15H2,1H3,(H2,26,27,30,31). The molecule has 1 heterocycles. The molecule has 1 saturated heterocycles. The highest BCUT2D eigenvalue weighted by Gasteiger charge is 2.30. The SMILES string of the molecule is COc1ccc(NC(=O)NC(=O)CN2CCN(Cc3ccc(C(F)(F)F)cc3)CC2)cc1. The van der Waals surface area contributed by atoms with Crippen LogP contribution in [0, 0.1) is 0 Å². The predicted octanol–water partition coefficient (Wildman–Crippen LogP) is 3.18. The fourth-order valence-corrected chi connectivity index (χ4v) is 3.37. The second-order valence-electron chi connectivity index (χ2n) is 7.48. The molecular weight excluding hydrogens is 425 g/mol.